The van der Waals surface area contributed by atoms with E-state index in [1.165, 1.54) is 6.08 Å². The lowest BCUT2D eigenvalue weighted by Crippen LogP contribution is -2.02. The monoisotopic (exact) mass is 476 g/mol. The normalized spacial score (nSPS) is 10.3. The van der Waals surface area contributed by atoms with Crippen LogP contribution in [0.25, 0.3) is 0 Å². The van der Waals surface area contributed by atoms with Gasteiger partial charge in [0.25, 0.3) is 0 Å². The summed E-state index contributed by atoms with van der Waals surface area (Å²) in [4.78, 5) is 10.6. The van der Waals surface area contributed by atoms with Gasteiger partial charge in [-0.25, -0.2) is 0 Å². The first-order valence-corrected chi connectivity index (χ1v) is 10.4. The molecule has 2 aromatic carbocycles. The molecular formula is C21H20Cl4O4. The Kier molecular flexibility index (Phi) is 10.5. The molecule has 0 aliphatic rings. The molecular weight excluding hydrogens is 458 g/mol. The van der Waals surface area contributed by atoms with Crippen molar-refractivity contribution in [1.82, 2.24) is 0 Å². The molecule has 0 aliphatic heterocycles. The zero-order valence-electron chi connectivity index (χ0n) is 15.5. The van der Waals surface area contributed by atoms with Gasteiger partial charge < -0.3 is 14.2 Å². The van der Waals surface area contributed by atoms with Crippen molar-refractivity contribution in [1.29, 1.82) is 0 Å². The minimum atomic E-state index is 0.128. The Morgan fingerprint density at radius 1 is 0.828 bits per heavy atom. The second-order valence-corrected chi connectivity index (χ2v) is 7.79. The molecule has 0 saturated heterocycles. The van der Waals surface area contributed by atoms with Gasteiger partial charge in [0.1, 0.15) is 28.9 Å². The predicted molar refractivity (Wildman–Crippen MR) is 118 cm³/mol. The van der Waals surface area contributed by atoms with E-state index in [1.54, 1.807) is 36.4 Å². The number of hydrogen-bond donors (Lipinski definition) is 0. The van der Waals surface area contributed by atoms with Crippen molar-refractivity contribution < 1.29 is 19.0 Å². The molecule has 2 aromatic rings. The van der Waals surface area contributed by atoms with Crippen molar-refractivity contribution in [3.63, 3.8) is 0 Å². The second-order valence-electron chi connectivity index (χ2n) is 5.97. The second kappa shape index (κ2) is 12.9. The lowest BCUT2D eigenvalue weighted by molar-refractivity contribution is 0.112. The third-order valence-corrected chi connectivity index (χ3v) is 4.65. The molecule has 0 unspecified atom stereocenters. The van der Waals surface area contributed by atoms with Crippen LogP contribution in [0.15, 0.2) is 47.0 Å². The molecule has 0 spiro atoms. The Morgan fingerprint density at radius 3 is 2.03 bits per heavy atom. The number of benzene rings is 2. The van der Waals surface area contributed by atoms with Gasteiger partial charge >= 0.3 is 0 Å². The van der Waals surface area contributed by atoms with Crippen LogP contribution < -0.4 is 14.2 Å². The quantitative estimate of drug-likeness (QED) is 0.241. The molecule has 0 N–H and O–H groups in total. The highest BCUT2D eigenvalue weighted by Gasteiger charge is 2.10. The molecule has 0 atom stereocenters. The molecule has 0 aliphatic carbocycles. The van der Waals surface area contributed by atoms with E-state index in [0.717, 1.165) is 31.3 Å². The van der Waals surface area contributed by atoms with Gasteiger partial charge in [-0.1, -0.05) is 46.4 Å². The number of unbranched alkanes of at least 4 members (excludes halogenated alkanes) is 2. The molecule has 4 nitrogen and oxygen atoms in total. The highest BCUT2D eigenvalue weighted by Crippen LogP contribution is 2.37. The van der Waals surface area contributed by atoms with Crippen molar-refractivity contribution in [3.8, 4) is 17.2 Å². The first kappa shape index (κ1) is 23.7. The Morgan fingerprint density at radius 2 is 1.45 bits per heavy atom. The molecule has 0 heterocycles. The topological polar surface area (TPSA) is 44.8 Å². The number of halogens is 4. The summed E-state index contributed by atoms with van der Waals surface area (Å²) in [6.45, 7) is 1.28. The zero-order chi connectivity index (χ0) is 21.1. The average molecular weight is 478 g/mol. The summed E-state index contributed by atoms with van der Waals surface area (Å²) in [5.74, 6) is 1.67. The smallest absolute Gasteiger partial charge is 0.156 e. The van der Waals surface area contributed by atoms with E-state index in [4.69, 9.17) is 60.6 Å². The van der Waals surface area contributed by atoms with Gasteiger partial charge in [-0.2, -0.15) is 0 Å². The summed E-state index contributed by atoms with van der Waals surface area (Å²) in [7, 11) is 0. The Labute approximate surface area is 190 Å². The summed E-state index contributed by atoms with van der Waals surface area (Å²) in [5, 5.41) is 0.742. The molecule has 0 radical (unpaired) electrons. The molecule has 8 heteroatoms. The van der Waals surface area contributed by atoms with Crippen LogP contribution >= 0.6 is 46.4 Å². The Hall–Kier alpha value is -1.59. The van der Waals surface area contributed by atoms with Gasteiger partial charge in [0.2, 0.25) is 0 Å². The summed E-state index contributed by atoms with van der Waals surface area (Å²) < 4.78 is 16.9. The van der Waals surface area contributed by atoms with Gasteiger partial charge in [0.15, 0.2) is 5.75 Å². The third kappa shape index (κ3) is 8.75. The molecule has 29 heavy (non-hydrogen) atoms. The molecule has 0 fully saturated rings. The summed E-state index contributed by atoms with van der Waals surface area (Å²) in [6.07, 6.45) is 4.95. The van der Waals surface area contributed by atoms with Gasteiger partial charge in [-0.3, -0.25) is 4.79 Å². The van der Waals surface area contributed by atoms with Crippen LogP contribution in [0.3, 0.4) is 0 Å². The van der Waals surface area contributed by atoms with Gasteiger partial charge in [-0.05, 0) is 49.6 Å². The van der Waals surface area contributed by atoms with Gasteiger partial charge in [-0.15, -0.1) is 0 Å². The zero-order valence-corrected chi connectivity index (χ0v) is 18.5. The van der Waals surface area contributed by atoms with E-state index in [-0.39, 0.29) is 11.1 Å². The number of carbonyl (C=O) groups excluding carboxylic acids is 1. The van der Waals surface area contributed by atoms with E-state index in [9.17, 15) is 4.79 Å². The molecule has 156 valence electrons. The Bertz CT molecular complexity index is 795. The summed E-state index contributed by atoms with van der Waals surface area (Å²) in [5.41, 5.74) is 0.628. The maximum atomic E-state index is 10.6. The lowest BCUT2D eigenvalue weighted by atomic mass is 10.2. The fraction of sp³-hybridized carbons (Fsp3) is 0.286. The van der Waals surface area contributed by atoms with Crippen LogP contribution in [0, 0.1) is 0 Å². The van der Waals surface area contributed by atoms with Gasteiger partial charge in [0.05, 0.1) is 23.3 Å². The van der Waals surface area contributed by atoms with Crippen LogP contribution in [0.5, 0.6) is 17.2 Å². The van der Waals surface area contributed by atoms with E-state index < -0.39 is 0 Å². The molecule has 0 aromatic heterocycles. The lowest BCUT2D eigenvalue weighted by Gasteiger charge is -2.12. The van der Waals surface area contributed by atoms with E-state index in [1.807, 2.05) is 0 Å². The van der Waals surface area contributed by atoms with Crippen molar-refractivity contribution in [2.75, 3.05) is 19.8 Å². The summed E-state index contributed by atoms with van der Waals surface area (Å²) >= 11 is 23.5. The maximum absolute atomic E-state index is 10.6. The minimum absolute atomic E-state index is 0.128. The first-order chi connectivity index (χ1) is 14.0. The van der Waals surface area contributed by atoms with Crippen molar-refractivity contribution in [2.45, 2.75) is 19.3 Å². The van der Waals surface area contributed by atoms with Crippen molar-refractivity contribution >= 4 is 52.7 Å². The molecule has 2 rings (SSSR count). The van der Waals surface area contributed by atoms with Crippen molar-refractivity contribution in [2.24, 2.45) is 0 Å². The summed E-state index contributed by atoms with van der Waals surface area (Å²) in [6, 6.07) is 10.3. The fourth-order valence-corrected chi connectivity index (χ4v) is 3.05. The number of hydrogen-bond acceptors (Lipinski definition) is 4. The van der Waals surface area contributed by atoms with E-state index >= 15 is 0 Å². The standard InChI is InChI=1S/C21H20Cl4O4/c22-18-12-17(28-11-8-20(24)25)13-19(23)21(18)29-10-3-1-2-9-27-16-6-4-15(14-26)5-7-16/h4-8,12-14H,1-3,9-11H2. The van der Waals surface area contributed by atoms with Crippen LogP contribution in [0.4, 0.5) is 0 Å². The SMILES string of the molecule is O=Cc1ccc(OCCCCCOc2c(Cl)cc(OCC=C(Cl)Cl)cc2Cl)cc1. The molecule has 0 saturated carbocycles. The van der Waals surface area contributed by atoms with E-state index in [0.29, 0.717) is 40.3 Å². The maximum Gasteiger partial charge on any atom is 0.156 e. The predicted octanol–water partition coefficient (Wildman–Crippen LogP) is 7.13. The molecule has 0 amide bonds. The third-order valence-electron chi connectivity index (χ3n) is 3.78. The molecule has 0 bridgehead atoms. The number of rotatable bonds is 12. The van der Waals surface area contributed by atoms with Crippen LogP contribution in [0.2, 0.25) is 10.0 Å². The van der Waals surface area contributed by atoms with Crippen molar-refractivity contribution in [3.05, 3.63) is 62.6 Å². The van der Waals surface area contributed by atoms with Crippen LogP contribution in [-0.4, -0.2) is 26.1 Å². The minimum Gasteiger partial charge on any atom is -0.494 e. The number of aldehydes is 1. The van der Waals surface area contributed by atoms with Crippen LogP contribution in [-0.2, 0) is 0 Å². The fourth-order valence-electron chi connectivity index (χ4n) is 2.35. The Balaban J connectivity index is 1.67. The van der Waals surface area contributed by atoms with Crippen LogP contribution in [0.1, 0.15) is 29.6 Å². The highest BCUT2D eigenvalue weighted by atomic mass is 35.5. The number of carbonyl (C=O) groups is 1. The largest absolute Gasteiger partial charge is 0.494 e. The highest BCUT2D eigenvalue weighted by molar-refractivity contribution is 6.55. The first-order valence-electron chi connectivity index (χ1n) is 8.93. The van der Waals surface area contributed by atoms with Gasteiger partial charge in [0, 0.05) is 17.7 Å². The average Bonchev–Trinajstić information content (AvgIpc) is 2.69. The number of ether oxygens (including phenoxy) is 3. The van der Waals surface area contributed by atoms with E-state index in [2.05, 4.69) is 0 Å².